The van der Waals surface area contributed by atoms with Crippen LogP contribution in [0.2, 0.25) is 5.02 Å². The molecule has 0 bridgehead atoms. The van der Waals surface area contributed by atoms with E-state index in [0.717, 1.165) is 17.5 Å². The minimum absolute atomic E-state index is 0.0756. The molecule has 0 atom stereocenters. The number of hydrogen-bond donors (Lipinski definition) is 0. The Morgan fingerprint density at radius 1 is 0.935 bits per heavy atom. The number of carbonyl (C=O) groups excluding carboxylic acids is 1. The van der Waals surface area contributed by atoms with Crippen molar-refractivity contribution in [3.63, 3.8) is 0 Å². The van der Waals surface area contributed by atoms with Crippen molar-refractivity contribution in [3.05, 3.63) is 112 Å². The average Bonchev–Trinajstić information content (AvgIpc) is 3.35. The van der Waals surface area contributed by atoms with Gasteiger partial charge in [-0.2, -0.15) is 0 Å². The van der Waals surface area contributed by atoms with Crippen molar-refractivity contribution in [1.29, 1.82) is 0 Å². The maximum atomic E-state index is 13.3. The van der Waals surface area contributed by atoms with Gasteiger partial charge >= 0.3 is 0 Å². The highest BCUT2D eigenvalue weighted by atomic mass is 35.5. The van der Waals surface area contributed by atoms with Gasteiger partial charge in [0.05, 0.1) is 0 Å². The van der Waals surface area contributed by atoms with E-state index in [-0.39, 0.29) is 5.91 Å². The van der Waals surface area contributed by atoms with Crippen molar-refractivity contribution in [2.24, 2.45) is 4.99 Å². The lowest BCUT2D eigenvalue weighted by Crippen LogP contribution is -2.34. The molecule has 1 amide bonds. The Morgan fingerprint density at radius 3 is 2.48 bits per heavy atom. The smallest absolute Gasteiger partial charge is 0.278 e. The van der Waals surface area contributed by atoms with Crippen LogP contribution in [0.25, 0.3) is 16.2 Å². The van der Waals surface area contributed by atoms with E-state index in [4.69, 9.17) is 16.6 Å². The predicted octanol–water partition coefficient (Wildman–Crippen LogP) is 6.43. The van der Waals surface area contributed by atoms with Crippen LogP contribution in [-0.4, -0.2) is 23.2 Å². The molecule has 31 heavy (non-hydrogen) atoms. The predicted molar refractivity (Wildman–Crippen MR) is 130 cm³/mol. The highest BCUT2D eigenvalue weighted by Crippen LogP contribution is 2.28. The lowest BCUT2D eigenvalue weighted by Gasteiger charge is -2.18. The topological polar surface area (TPSA) is 32.7 Å². The van der Waals surface area contributed by atoms with E-state index in [1.807, 2.05) is 60.7 Å². The molecule has 1 aliphatic rings. The van der Waals surface area contributed by atoms with E-state index in [2.05, 4.69) is 29.6 Å². The normalized spacial score (nSPS) is 15.1. The third-order valence-electron chi connectivity index (χ3n) is 5.32. The first-order valence-electron chi connectivity index (χ1n) is 10.1. The number of aliphatic imine (C=N–C) groups is 1. The second kappa shape index (κ2) is 8.50. The van der Waals surface area contributed by atoms with Gasteiger partial charge in [-0.05, 0) is 52.6 Å². The van der Waals surface area contributed by atoms with Gasteiger partial charge in [0.1, 0.15) is 11.5 Å². The summed E-state index contributed by atoms with van der Waals surface area (Å²) in [6.45, 7) is 0.575. The van der Waals surface area contributed by atoms with Crippen molar-refractivity contribution in [3.8, 4) is 0 Å². The van der Waals surface area contributed by atoms with Crippen molar-refractivity contribution < 1.29 is 4.79 Å². The summed E-state index contributed by atoms with van der Waals surface area (Å²) in [5.41, 5.74) is 3.53. The second-order valence-corrected chi connectivity index (χ2v) is 8.69. The van der Waals surface area contributed by atoms with Crippen LogP contribution in [0.4, 0.5) is 0 Å². The Bertz CT molecular complexity index is 1310. The first-order chi connectivity index (χ1) is 15.2. The third kappa shape index (κ3) is 4.05. The van der Waals surface area contributed by atoms with Gasteiger partial charge in [0, 0.05) is 21.8 Å². The zero-order valence-electron chi connectivity index (χ0n) is 16.7. The van der Waals surface area contributed by atoms with Crippen LogP contribution in [0.3, 0.4) is 0 Å². The number of nitrogens with zero attached hydrogens (tertiary/aromatic N) is 2. The number of carbonyl (C=O) groups is 1. The van der Waals surface area contributed by atoms with Gasteiger partial charge in [0.2, 0.25) is 0 Å². The fourth-order valence-corrected chi connectivity index (χ4v) is 4.86. The second-order valence-electron chi connectivity index (χ2n) is 7.35. The fourth-order valence-electron chi connectivity index (χ4n) is 3.74. The Morgan fingerprint density at radius 2 is 1.68 bits per heavy atom. The molecule has 0 fully saturated rings. The minimum Gasteiger partial charge on any atom is -0.290 e. The average molecular weight is 443 g/mol. The molecule has 1 aromatic heterocycles. The number of halogens is 1. The molecule has 0 aliphatic carbocycles. The number of amidine groups is 1. The van der Waals surface area contributed by atoms with Crippen molar-refractivity contribution >= 4 is 50.8 Å². The summed E-state index contributed by atoms with van der Waals surface area (Å²) >= 11 is 7.73. The number of benzene rings is 3. The number of hydrogen-bond acceptors (Lipinski definition) is 3. The van der Waals surface area contributed by atoms with Crippen LogP contribution in [0, 0.1) is 0 Å². The first kappa shape index (κ1) is 19.7. The molecule has 0 spiro atoms. The molecule has 0 saturated heterocycles. The number of rotatable bonds is 5. The quantitative estimate of drug-likeness (QED) is 0.328. The van der Waals surface area contributed by atoms with Gasteiger partial charge in [-0.3, -0.25) is 9.69 Å². The van der Waals surface area contributed by atoms with Gasteiger partial charge in [0.25, 0.3) is 5.91 Å². The molecule has 3 nitrogen and oxygen atoms in total. The molecule has 3 aromatic carbocycles. The van der Waals surface area contributed by atoms with E-state index >= 15 is 0 Å². The molecule has 4 aromatic rings. The Kier molecular flexibility index (Phi) is 5.41. The Labute approximate surface area is 189 Å². The van der Waals surface area contributed by atoms with Gasteiger partial charge in [-0.25, -0.2) is 4.99 Å². The van der Waals surface area contributed by atoms with Crippen LogP contribution in [0.5, 0.6) is 0 Å². The summed E-state index contributed by atoms with van der Waals surface area (Å²) in [4.78, 5) is 19.8. The summed E-state index contributed by atoms with van der Waals surface area (Å²) in [6, 6.07) is 25.7. The molecule has 5 rings (SSSR count). The lowest BCUT2D eigenvalue weighted by molar-refractivity contribution is -0.122. The van der Waals surface area contributed by atoms with Crippen LogP contribution in [0.1, 0.15) is 16.7 Å². The van der Waals surface area contributed by atoms with Gasteiger partial charge in [0.15, 0.2) is 0 Å². The molecule has 5 heteroatoms. The minimum atomic E-state index is -0.0756. The molecule has 152 valence electrons. The molecule has 0 N–H and O–H groups in total. The zero-order valence-corrected chi connectivity index (χ0v) is 18.2. The standard InChI is InChI=1S/C26H19ClN2OS/c27-21-12-10-18(11-13-21)16-23-26(30)29(25(28-23)19-6-2-1-3-7-19)15-14-20-17-31-24-9-5-4-8-22(20)24/h1-13,16-17H,14-15H2/b23-16+. The number of amides is 1. The highest BCUT2D eigenvalue weighted by Gasteiger charge is 2.30. The summed E-state index contributed by atoms with van der Waals surface area (Å²) in [7, 11) is 0. The number of fused-ring (bicyclic) bond motifs is 1. The molecule has 2 heterocycles. The van der Waals surface area contributed by atoms with Crippen molar-refractivity contribution in [1.82, 2.24) is 4.90 Å². The van der Waals surface area contributed by atoms with Crippen molar-refractivity contribution in [2.75, 3.05) is 6.54 Å². The molecule has 0 saturated carbocycles. The molecule has 0 radical (unpaired) electrons. The monoisotopic (exact) mass is 442 g/mol. The van der Waals surface area contributed by atoms with Crippen LogP contribution >= 0.6 is 22.9 Å². The Hall–Kier alpha value is -3.21. The SMILES string of the molecule is O=C1/C(=C\c2ccc(Cl)cc2)N=C(c2ccccc2)N1CCc1csc2ccccc12. The maximum Gasteiger partial charge on any atom is 0.278 e. The van der Waals surface area contributed by atoms with Crippen LogP contribution in [0.15, 0.2) is 94.9 Å². The summed E-state index contributed by atoms with van der Waals surface area (Å²) in [5.74, 6) is 0.624. The zero-order chi connectivity index (χ0) is 21.2. The van der Waals surface area contributed by atoms with Crippen LogP contribution < -0.4 is 0 Å². The van der Waals surface area contributed by atoms with E-state index in [9.17, 15) is 4.79 Å². The first-order valence-corrected chi connectivity index (χ1v) is 11.3. The van der Waals surface area contributed by atoms with E-state index in [1.165, 1.54) is 15.6 Å². The summed E-state index contributed by atoms with van der Waals surface area (Å²) in [6.07, 6.45) is 2.59. The van der Waals surface area contributed by atoms with Crippen molar-refractivity contribution in [2.45, 2.75) is 6.42 Å². The lowest BCUT2D eigenvalue weighted by atomic mass is 10.1. The Balaban J connectivity index is 1.46. The molecular formula is C26H19ClN2OS. The molecule has 1 aliphatic heterocycles. The van der Waals surface area contributed by atoms with E-state index < -0.39 is 0 Å². The van der Waals surface area contributed by atoms with Gasteiger partial charge in [-0.15, -0.1) is 11.3 Å². The van der Waals surface area contributed by atoms with Gasteiger partial charge < -0.3 is 0 Å². The molecule has 0 unspecified atom stereocenters. The van der Waals surface area contributed by atoms with E-state index in [0.29, 0.717) is 23.1 Å². The number of thiophene rings is 1. The van der Waals surface area contributed by atoms with Crippen LogP contribution in [-0.2, 0) is 11.2 Å². The van der Waals surface area contributed by atoms with Gasteiger partial charge in [-0.1, -0.05) is 72.3 Å². The molecular weight excluding hydrogens is 424 g/mol. The van der Waals surface area contributed by atoms with E-state index in [1.54, 1.807) is 16.2 Å². The third-order valence-corrected chi connectivity index (χ3v) is 6.58. The fraction of sp³-hybridized carbons (Fsp3) is 0.0769. The maximum absolute atomic E-state index is 13.3. The highest BCUT2D eigenvalue weighted by molar-refractivity contribution is 7.17. The largest absolute Gasteiger partial charge is 0.290 e. The summed E-state index contributed by atoms with van der Waals surface area (Å²) in [5, 5.41) is 4.11. The summed E-state index contributed by atoms with van der Waals surface area (Å²) < 4.78 is 1.27.